The molecule has 0 amide bonds. The molecule has 5 nitrogen and oxygen atoms in total. The van der Waals surface area contributed by atoms with E-state index in [2.05, 4.69) is 15.1 Å². The van der Waals surface area contributed by atoms with Crippen LogP contribution in [0.2, 0.25) is 0 Å². The van der Waals surface area contributed by atoms with Crippen LogP contribution < -0.4 is 5.56 Å². The monoisotopic (exact) mass is 259 g/mol. The summed E-state index contributed by atoms with van der Waals surface area (Å²) < 4.78 is 5.16. The van der Waals surface area contributed by atoms with Crippen molar-refractivity contribution in [3.8, 4) is 11.5 Å². The molecule has 3 aromatic rings. The maximum atomic E-state index is 10.9. The van der Waals surface area contributed by atoms with E-state index in [0.717, 1.165) is 0 Å². The van der Waals surface area contributed by atoms with Crippen LogP contribution in [0.4, 0.5) is 0 Å². The largest absolute Gasteiger partial charge is 0.334 e. The van der Waals surface area contributed by atoms with Gasteiger partial charge in [-0.3, -0.25) is 4.79 Å². The zero-order valence-corrected chi connectivity index (χ0v) is 10.1. The van der Waals surface area contributed by atoms with Gasteiger partial charge in [0.1, 0.15) is 0 Å². The summed E-state index contributed by atoms with van der Waals surface area (Å²) in [7, 11) is 0. The van der Waals surface area contributed by atoms with Crippen LogP contribution in [0.3, 0.4) is 0 Å². The summed E-state index contributed by atoms with van der Waals surface area (Å²) in [5, 5.41) is 5.93. The molecular weight excluding hydrogens is 250 g/mol. The molecule has 0 radical (unpaired) electrons. The molecule has 0 bridgehead atoms. The van der Waals surface area contributed by atoms with Crippen LogP contribution in [-0.2, 0) is 6.42 Å². The predicted molar refractivity (Wildman–Crippen MR) is 67.5 cm³/mol. The number of aromatic amines is 1. The minimum Gasteiger partial charge on any atom is -0.334 e. The van der Waals surface area contributed by atoms with Crippen LogP contribution in [0.25, 0.3) is 11.5 Å². The van der Waals surface area contributed by atoms with E-state index in [9.17, 15) is 4.79 Å². The summed E-state index contributed by atoms with van der Waals surface area (Å²) in [6.07, 6.45) is 2.22. The Morgan fingerprint density at radius 3 is 3.00 bits per heavy atom. The first kappa shape index (κ1) is 10.9. The van der Waals surface area contributed by atoms with Gasteiger partial charge in [0.2, 0.25) is 5.56 Å². The van der Waals surface area contributed by atoms with Gasteiger partial charge in [-0.2, -0.15) is 4.98 Å². The van der Waals surface area contributed by atoms with Crippen LogP contribution in [-0.4, -0.2) is 15.1 Å². The number of rotatable bonds is 3. The number of H-pyrrole nitrogens is 1. The van der Waals surface area contributed by atoms with Gasteiger partial charge < -0.3 is 9.51 Å². The Morgan fingerprint density at radius 2 is 2.28 bits per heavy atom. The zero-order chi connectivity index (χ0) is 12.4. The molecule has 3 rings (SSSR count). The van der Waals surface area contributed by atoms with Gasteiger partial charge in [-0.25, -0.2) is 0 Å². The lowest BCUT2D eigenvalue weighted by Gasteiger charge is -1.91. The fourth-order valence-corrected chi connectivity index (χ4v) is 2.26. The Labute approximate surface area is 106 Å². The molecule has 0 saturated heterocycles. The van der Waals surface area contributed by atoms with Gasteiger partial charge in [0.15, 0.2) is 5.82 Å². The summed E-state index contributed by atoms with van der Waals surface area (Å²) in [5.41, 5.74) is 0.552. The standard InChI is InChI=1S/C12H9N3O2S/c16-11-4-3-8(7-13-11)12-14-10(15-17-12)6-9-2-1-5-18-9/h1-5,7H,6H2,(H,13,16). The van der Waals surface area contributed by atoms with Crippen molar-refractivity contribution in [2.45, 2.75) is 6.42 Å². The van der Waals surface area contributed by atoms with E-state index in [1.165, 1.54) is 10.9 Å². The Bertz CT molecular complexity index is 680. The lowest BCUT2D eigenvalue weighted by atomic mass is 10.3. The van der Waals surface area contributed by atoms with E-state index >= 15 is 0 Å². The third kappa shape index (κ3) is 2.23. The highest BCUT2D eigenvalue weighted by Crippen LogP contribution is 2.17. The molecule has 3 aromatic heterocycles. The molecule has 90 valence electrons. The minimum absolute atomic E-state index is 0.155. The third-order valence-electron chi connectivity index (χ3n) is 2.41. The topological polar surface area (TPSA) is 71.8 Å². The van der Waals surface area contributed by atoms with E-state index in [1.807, 2.05) is 17.5 Å². The van der Waals surface area contributed by atoms with Crippen molar-refractivity contribution in [2.75, 3.05) is 0 Å². The highest BCUT2D eigenvalue weighted by molar-refractivity contribution is 7.09. The normalized spacial score (nSPS) is 10.7. The van der Waals surface area contributed by atoms with Crippen molar-refractivity contribution in [2.24, 2.45) is 0 Å². The highest BCUT2D eigenvalue weighted by atomic mass is 32.1. The van der Waals surface area contributed by atoms with E-state index in [0.29, 0.717) is 23.7 Å². The van der Waals surface area contributed by atoms with Gasteiger partial charge in [0.05, 0.1) is 5.56 Å². The van der Waals surface area contributed by atoms with Crippen LogP contribution in [0.5, 0.6) is 0 Å². The van der Waals surface area contributed by atoms with Gasteiger partial charge in [-0.05, 0) is 17.5 Å². The molecule has 0 atom stereocenters. The molecule has 0 aliphatic carbocycles. The van der Waals surface area contributed by atoms with Crippen molar-refractivity contribution in [3.05, 3.63) is 56.9 Å². The zero-order valence-electron chi connectivity index (χ0n) is 9.29. The molecule has 0 saturated carbocycles. The summed E-state index contributed by atoms with van der Waals surface area (Å²) in [6.45, 7) is 0. The van der Waals surface area contributed by atoms with Crippen molar-refractivity contribution in [1.82, 2.24) is 15.1 Å². The SMILES string of the molecule is O=c1ccc(-c2nc(Cc3cccs3)no2)c[nH]1. The quantitative estimate of drug-likeness (QED) is 0.781. The smallest absolute Gasteiger partial charge is 0.259 e. The molecule has 0 aliphatic heterocycles. The number of hydrogen-bond donors (Lipinski definition) is 1. The Kier molecular flexibility index (Phi) is 2.77. The van der Waals surface area contributed by atoms with Crippen LogP contribution >= 0.6 is 11.3 Å². The average molecular weight is 259 g/mol. The second-order valence-corrected chi connectivity index (χ2v) is 4.75. The van der Waals surface area contributed by atoms with Gasteiger partial charge >= 0.3 is 0 Å². The van der Waals surface area contributed by atoms with Gasteiger partial charge in [0.25, 0.3) is 5.89 Å². The maximum absolute atomic E-state index is 10.9. The van der Waals surface area contributed by atoms with Crippen LogP contribution in [0.1, 0.15) is 10.7 Å². The molecule has 0 aromatic carbocycles. The van der Waals surface area contributed by atoms with E-state index in [1.54, 1.807) is 23.6 Å². The molecular formula is C12H9N3O2S. The minimum atomic E-state index is -0.155. The molecule has 18 heavy (non-hydrogen) atoms. The van der Waals surface area contributed by atoms with Crippen LogP contribution in [0.15, 0.2) is 45.2 Å². The summed E-state index contributed by atoms with van der Waals surface area (Å²) in [4.78, 5) is 19.0. The lowest BCUT2D eigenvalue weighted by Crippen LogP contribution is -2.01. The Hall–Kier alpha value is -2.21. The predicted octanol–water partition coefficient (Wildman–Crippen LogP) is 2.08. The number of aromatic nitrogens is 3. The molecule has 0 aliphatic rings. The number of thiophene rings is 1. The molecule has 6 heteroatoms. The number of hydrogen-bond acceptors (Lipinski definition) is 5. The lowest BCUT2D eigenvalue weighted by molar-refractivity contribution is 0.424. The fraction of sp³-hybridized carbons (Fsp3) is 0.0833. The Morgan fingerprint density at radius 1 is 1.33 bits per heavy atom. The van der Waals surface area contributed by atoms with E-state index in [-0.39, 0.29) is 5.56 Å². The maximum Gasteiger partial charge on any atom is 0.259 e. The van der Waals surface area contributed by atoms with Crippen molar-refractivity contribution < 1.29 is 4.52 Å². The molecule has 0 spiro atoms. The first-order valence-corrected chi connectivity index (χ1v) is 6.23. The van der Waals surface area contributed by atoms with Gasteiger partial charge in [0, 0.05) is 23.6 Å². The molecule has 3 heterocycles. The van der Waals surface area contributed by atoms with Crippen LogP contribution in [0, 0.1) is 0 Å². The van der Waals surface area contributed by atoms with Crippen molar-refractivity contribution in [1.29, 1.82) is 0 Å². The van der Waals surface area contributed by atoms with E-state index < -0.39 is 0 Å². The second kappa shape index (κ2) is 4.58. The summed E-state index contributed by atoms with van der Waals surface area (Å²) in [5.74, 6) is 1.05. The number of nitrogens with zero attached hydrogens (tertiary/aromatic N) is 2. The molecule has 1 N–H and O–H groups in total. The van der Waals surface area contributed by atoms with Gasteiger partial charge in [-0.15, -0.1) is 11.3 Å². The summed E-state index contributed by atoms with van der Waals surface area (Å²) >= 11 is 1.66. The first-order chi connectivity index (χ1) is 8.81. The Balaban J connectivity index is 1.85. The fourth-order valence-electron chi connectivity index (χ4n) is 1.56. The molecule has 0 unspecified atom stereocenters. The summed E-state index contributed by atoms with van der Waals surface area (Å²) in [6, 6.07) is 7.10. The van der Waals surface area contributed by atoms with E-state index in [4.69, 9.17) is 4.52 Å². The number of pyridine rings is 1. The average Bonchev–Trinajstić information content (AvgIpc) is 3.02. The van der Waals surface area contributed by atoms with Gasteiger partial charge in [-0.1, -0.05) is 11.2 Å². The third-order valence-corrected chi connectivity index (χ3v) is 3.29. The molecule has 0 fully saturated rings. The van der Waals surface area contributed by atoms with Crippen molar-refractivity contribution in [3.63, 3.8) is 0 Å². The number of nitrogens with one attached hydrogen (secondary N) is 1. The first-order valence-electron chi connectivity index (χ1n) is 5.35. The van der Waals surface area contributed by atoms with Crippen molar-refractivity contribution >= 4 is 11.3 Å². The highest BCUT2D eigenvalue weighted by Gasteiger charge is 2.09. The second-order valence-electron chi connectivity index (χ2n) is 3.71.